The molecule has 0 amide bonds. The van der Waals surface area contributed by atoms with Gasteiger partial charge in [0.1, 0.15) is 23.9 Å². The van der Waals surface area contributed by atoms with E-state index in [0.29, 0.717) is 35.1 Å². The van der Waals surface area contributed by atoms with E-state index in [0.717, 1.165) is 5.56 Å². The first-order valence-corrected chi connectivity index (χ1v) is 6.95. The van der Waals surface area contributed by atoms with E-state index in [1.165, 1.54) is 6.07 Å². The van der Waals surface area contributed by atoms with Gasteiger partial charge in [0.25, 0.3) is 0 Å². The fourth-order valence-electron chi connectivity index (χ4n) is 1.95. The van der Waals surface area contributed by atoms with E-state index < -0.39 is 0 Å². The summed E-state index contributed by atoms with van der Waals surface area (Å²) in [7, 11) is 1.58. The third kappa shape index (κ3) is 4.09. The maximum Gasteiger partial charge on any atom is 0.131 e. The van der Waals surface area contributed by atoms with Crippen LogP contribution in [0.5, 0.6) is 11.5 Å². The molecule has 0 aliphatic heterocycles. The maximum absolute atomic E-state index is 13.7. The molecule has 0 spiro atoms. The first-order chi connectivity index (χ1) is 10.1. The number of nitrogens with two attached hydrogens (primary N) is 1. The van der Waals surface area contributed by atoms with E-state index in [2.05, 4.69) is 0 Å². The summed E-state index contributed by atoms with van der Waals surface area (Å²) in [5, 5.41) is 0.362. The Morgan fingerprint density at radius 1 is 1.14 bits per heavy atom. The summed E-state index contributed by atoms with van der Waals surface area (Å²) in [5.74, 6) is 0.947. The van der Waals surface area contributed by atoms with Gasteiger partial charge in [-0.25, -0.2) is 4.39 Å². The van der Waals surface area contributed by atoms with Crippen molar-refractivity contribution in [2.24, 2.45) is 5.73 Å². The SMILES string of the molecule is COc1ccc(CCN)c(OCc2ccc(Cl)cc2F)c1. The molecule has 0 aliphatic carbocycles. The van der Waals surface area contributed by atoms with Crippen LogP contribution in [0.25, 0.3) is 0 Å². The molecule has 0 radical (unpaired) electrons. The van der Waals surface area contributed by atoms with Gasteiger partial charge in [-0.2, -0.15) is 0 Å². The Balaban J connectivity index is 2.17. The van der Waals surface area contributed by atoms with Gasteiger partial charge >= 0.3 is 0 Å². The minimum Gasteiger partial charge on any atom is -0.497 e. The van der Waals surface area contributed by atoms with Gasteiger partial charge in [-0.1, -0.05) is 23.7 Å². The van der Waals surface area contributed by atoms with Gasteiger partial charge in [0.2, 0.25) is 0 Å². The Hall–Kier alpha value is -1.78. The molecule has 3 nitrogen and oxygen atoms in total. The molecule has 0 atom stereocenters. The Kier molecular flexibility index (Phi) is 5.42. The highest BCUT2D eigenvalue weighted by Gasteiger charge is 2.08. The average molecular weight is 310 g/mol. The van der Waals surface area contributed by atoms with E-state index in [1.54, 1.807) is 25.3 Å². The van der Waals surface area contributed by atoms with E-state index in [9.17, 15) is 4.39 Å². The lowest BCUT2D eigenvalue weighted by atomic mass is 10.1. The highest BCUT2D eigenvalue weighted by molar-refractivity contribution is 6.30. The first kappa shape index (κ1) is 15.6. The zero-order valence-electron chi connectivity index (χ0n) is 11.7. The molecule has 21 heavy (non-hydrogen) atoms. The molecule has 0 bridgehead atoms. The molecular formula is C16H17ClFNO2. The fraction of sp³-hybridized carbons (Fsp3) is 0.250. The third-order valence-corrected chi connectivity index (χ3v) is 3.32. The fourth-order valence-corrected chi connectivity index (χ4v) is 2.11. The maximum atomic E-state index is 13.7. The van der Waals surface area contributed by atoms with Crippen LogP contribution in [-0.4, -0.2) is 13.7 Å². The van der Waals surface area contributed by atoms with Crippen molar-refractivity contribution in [2.45, 2.75) is 13.0 Å². The van der Waals surface area contributed by atoms with Crippen molar-refractivity contribution in [1.82, 2.24) is 0 Å². The standard InChI is InChI=1S/C16H17ClFNO2/c1-20-14-5-3-11(6-7-19)16(9-14)21-10-12-2-4-13(17)8-15(12)18/h2-5,8-9H,6-7,10,19H2,1H3. The van der Waals surface area contributed by atoms with Gasteiger partial charge < -0.3 is 15.2 Å². The lowest BCUT2D eigenvalue weighted by molar-refractivity contribution is 0.294. The van der Waals surface area contributed by atoms with Crippen molar-refractivity contribution >= 4 is 11.6 Å². The molecular weight excluding hydrogens is 293 g/mol. The van der Waals surface area contributed by atoms with Crippen molar-refractivity contribution in [1.29, 1.82) is 0 Å². The van der Waals surface area contributed by atoms with E-state index in [1.807, 2.05) is 12.1 Å². The molecule has 0 saturated carbocycles. The summed E-state index contributed by atoms with van der Waals surface area (Å²) in [4.78, 5) is 0. The lowest BCUT2D eigenvalue weighted by Gasteiger charge is -2.13. The highest BCUT2D eigenvalue weighted by Crippen LogP contribution is 2.26. The number of rotatable bonds is 6. The summed E-state index contributed by atoms with van der Waals surface area (Å²) < 4.78 is 24.6. The monoisotopic (exact) mass is 309 g/mol. The molecule has 5 heteroatoms. The molecule has 2 aromatic carbocycles. The lowest BCUT2D eigenvalue weighted by Crippen LogP contribution is -2.06. The second kappa shape index (κ2) is 7.29. The van der Waals surface area contributed by atoms with Crippen molar-refractivity contribution in [3.8, 4) is 11.5 Å². The average Bonchev–Trinajstić information content (AvgIpc) is 2.48. The number of halogens is 2. The van der Waals surface area contributed by atoms with Crippen molar-refractivity contribution in [3.63, 3.8) is 0 Å². The molecule has 2 N–H and O–H groups in total. The molecule has 0 aliphatic rings. The van der Waals surface area contributed by atoms with Crippen molar-refractivity contribution in [3.05, 3.63) is 58.4 Å². The number of hydrogen-bond donors (Lipinski definition) is 1. The molecule has 2 aromatic rings. The van der Waals surface area contributed by atoms with Crippen LogP contribution in [0.1, 0.15) is 11.1 Å². The van der Waals surface area contributed by atoms with Crippen LogP contribution in [0.2, 0.25) is 5.02 Å². The minimum absolute atomic E-state index is 0.119. The molecule has 0 aromatic heterocycles. The molecule has 0 saturated heterocycles. The van der Waals surface area contributed by atoms with E-state index in [-0.39, 0.29) is 12.4 Å². The number of benzene rings is 2. The largest absolute Gasteiger partial charge is 0.497 e. The highest BCUT2D eigenvalue weighted by atomic mass is 35.5. The Morgan fingerprint density at radius 3 is 2.57 bits per heavy atom. The van der Waals surface area contributed by atoms with Gasteiger partial charge in [-0.15, -0.1) is 0 Å². The predicted molar refractivity (Wildman–Crippen MR) is 81.5 cm³/mol. The van der Waals surface area contributed by atoms with E-state index >= 15 is 0 Å². The molecule has 0 fully saturated rings. The smallest absolute Gasteiger partial charge is 0.131 e. The number of ether oxygens (including phenoxy) is 2. The van der Waals surface area contributed by atoms with Crippen LogP contribution < -0.4 is 15.2 Å². The van der Waals surface area contributed by atoms with Crippen molar-refractivity contribution < 1.29 is 13.9 Å². The van der Waals surface area contributed by atoms with Crippen LogP contribution in [0.3, 0.4) is 0 Å². The molecule has 0 unspecified atom stereocenters. The summed E-state index contributed by atoms with van der Waals surface area (Å²) in [6, 6.07) is 10.0. The Morgan fingerprint density at radius 2 is 1.90 bits per heavy atom. The van der Waals surface area contributed by atoms with Gasteiger partial charge in [0.15, 0.2) is 0 Å². The quantitative estimate of drug-likeness (QED) is 0.887. The Bertz CT molecular complexity index is 619. The second-order valence-corrected chi connectivity index (χ2v) is 4.97. The van der Waals surface area contributed by atoms with Crippen LogP contribution in [0, 0.1) is 5.82 Å². The summed E-state index contributed by atoms with van der Waals surface area (Å²) in [6.07, 6.45) is 0.683. The Labute approximate surface area is 128 Å². The molecule has 0 heterocycles. The predicted octanol–water partition coefficient (Wildman–Crippen LogP) is 3.57. The van der Waals surface area contributed by atoms with Crippen LogP contribution in [0.4, 0.5) is 4.39 Å². The minimum atomic E-state index is -0.384. The normalized spacial score (nSPS) is 10.5. The van der Waals surface area contributed by atoms with Crippen LogP contribution in [-0.2, 0) is 13.0 Å². The van der Waals surface area contributed by atoms with Crippen LogP contribution in [0.15, 0.2) is 36.4 Å². The van der Waals surface area contributed by atoms with Crippen LogP contribution >= 0.6 is 11.6 Å². The van der Waals surface area contributed by atoms with Gasteiger partial charge in [0.05, 0.1) is 7.11 Å². The number of methoxy groups -OCH3 is 1. The summed E-state index contributed by atoms with van der Waals surface area (Å²) in [5.41, 5.74) is 7.00. The van der Waals surface area contributed by atoms with E-state index in [4.69, 9.17) is 26.8 Å². The molecule has 2 rings (SSSR count). The summed E-state index contributed by atoms with van der Waals surface area (Å²) in [6.45, 7) is 0.631. The molecule has 112 valence electrons. The van der Waals surface area contributed by atoms with Gasteiger partial charge in [-0.05, 0) is 36.7 Å². The van der Waals surface area contributed by atoms with Crippen molar-refractivity contribution in [2.75, 3.05) is 13.7 Å². The second-order valence-electron chi connectivity index (χ2n) is 4.54. The third-order valence-electron chi connectivity index (χ3n) is 3.09. The number of hydrogen-bond acceptors (Lipinski definition) is 3. The zero-order chi connectivity index (χ0) is 15.2. The van der Waals surface area contributed by atoms with Gasteiger partial charge in [-0.3, -0.25) is 0 Å². The zero-order valence-corrected chi connectivity index (χ0v) is 12.5. The van der Waals surface area contributed by atoms with Gasteiger partial charge in [0, 0.05) is 16.7 Å². The first-order valence-electron chi connectivity index (χ1n) is 6.57. The topological polar surface area (TPSA) is 44.5 Å². The summed E-state index contributed by atoms with van der Waals surface area (Å²) >= 11 is 5.73.